The summed E-state index contributed by atoms with van der Waals surface area (Å²) in [4.78, 5) is 47.4. The largest absolute Gasteiger partial charge is 0.350 e. The number of nitrogens with one attached hydrogen (secondary N) is 1. The van der Waals surface area contributed by atoms with E-state index in [0.29, 0.717) is 18.9 Å². The third-order valence-corrected chi connectivity index (χ3v) is 5.53. The lowest BCUT2D eigenvalue weighted by Crippen LogP contribution is -2.44. The minimum absolute atomic E-state index is 0.194. The molecule has 4 rings (SSSR count). The fourth-order valence-electron chi connectivity index (χ4n) is 3.64. The molecule has 168 valence electrons. The Morgan fingerprint density at radius 1 is 0.939 bits per heavy atom. The molecule has 33 heavy (non-hydrogen) atoms. The van der Waals surface area contributed by atoms with Crippen molar-refractivity contribution in [2.45, 2.75) is 39.9 Å². The van der Waals surface area contributed by atoms with Gasteiger partial charge >= 0.3 is 5.69 Å². The van der Waals surface area contributed by atoms with Gasteiger partial charge in [0.15, 0.2) is 11.5 Å². The highest BCUT2D eigenvalue weighted by Gasteiger charge is 2.17. The second kappa shape index (κ2) is 9.60. The van der Waals surface area contributed by atoms with Gasteiger partial charge in [-0.1, -0.05) is 61.5 Å². The third kappa shape index (κ3) is 4.59. The molecule has 0 fully saturated rings. The molecule has 0 bridgehead atoms. The zero-order valence-electron chi connectivity index (χ0n) is 18.6. The number of amides is 1. The lowest BCUT2D eigenvalue weighted by Gasteiger charge is -2.13. The summed E-state index contributed by atoms with van der Waals surface area (Å²) in [6.45, 7) is 4.11. The minimum Gasteiger partial charge on any atom is -0.350 e. The number of aromatic nitrogens is 4. The highest BCUT2D eigenvalue weighted by Crippen LogP contribution is 2.16. The number of benzene rings is 2. The lowest BCUT2D eigenvalue weighted by atomic mass is 10.1. The summed E-state index contributed by atoms with van der Waals surface area (Å²) in [5.74, 6) is 0.00581. The van der Waals surface area contributed by atoms with Crippen LogP contribution in [0.2, 0.25) is 0 Å². The van der Waals surface area contributed by atoms with Crippen molar-refractivity contribution < 1.29 is 4.79 Å². The average Bonchev–Trinajstić information content (AvgIpc) is 2.86. The molecule has 2 aromatic carbocycles. The van der Waals surface area contributed by atoms with Gasteiger partial charge in [0.2, 0.25) is 5.91 Å². The predicted molar refractivity (Wildman–Crippen MR) is 127 cm³/mol. The van der Waals surface area contributed by atoms with Gasteiger partial charge in [-0.25, -0.2) is 14.8 Å². The van der Waals surface area contributed by atoms with Crippen LogP contribution in [0.4, 0.5) is 0 Å². The van der Waals surface area contributed by atoms with E-state index in [1.54, 1.807) is 6.92 Å². The first kappa shape index (κ1) is 22.1. The minimum atomic E-state index is -0.582. The van der Waals surface area contributed by atoms with Crippen LogP contribution in [-0.4, -0.2) is 25.0 Å². The molecule has 0 aliphatic rings. The number of nitrogens with zero attached hydrogens (tertiary/aromatic N) is 4. The van der Waals surface area contributed by atoms with Crippen molar-refractivity contribution in [2.75, 3.05) is 0 Å². The molecular formula is C25H25N5O3. The van der Waals surface area contributed by atoms with Gasteiger partial charge in [-0.15, -0.1) is 0 Å². The SMILES string of the molecule is CCc1ccc(CNC(=O)Cn2c(=O)c3cnc(-c4ccccc4)nc3n(CC)c2=O)cc1. The van der Waals surface area contributed by atoms with E-state index in [9.17, 15) is 14.4 Å². The number of rotatable bonds is 7. The van der Waals surface area contributed by atoms with Crippen LogP contribution in [0.3, 0.4) is 0 Å². The molecule has 2 heterocycles. The normalized spacial score (nSPS) is 11.0. The molecule has 0 saturated carbocycles. The van der Waals surface area contributed by atoms with Crippen LogP contribution in [0.15, 0.2) is 70.4 Å². The van der Waals surface area contributed by atoms with E-state index < -0.39 is 17.2 Å². The van der Waals surface area contributed by atoms with Crippen LogP contribution >= 0.6 is 0 Å². The first-order valence-corrected chi connectivity index (χ1v) is 10.9. The standard InChI is InChI=1S/C25H25N5O3/c1-3-17-10-12-18(13-11-17)14-26-21(31)16-30-24(32)20-15-27-22(19-8-6-5-7-9-19)28-23(20)29(4-2)25(30)33/h5-13,15H,3-4,14,16H2,1-2H3,(H,26,31). The molecule has 0 spiro atoms. The summed E-state index contributed by atoms with van der Waals surface area (Å²) in [6.07, 6.45) is 2.36. The summed E-state index contributed by atoms with van der Waals surface area (Å²) in [5, 5.41) is 2.97. The molecule has 0 atom stereocenters. The van der Waals surface area contributed by atoms with Crippen molar-refractivity contribution in [1.29, 1.82) is 0 Å². The fourth-order valence-corrected chi connectivity index (χ4v) is 3.64. The van der Waals surface area contributed by atoms with E-state index in [1.807, 2.05) is 54.6 Å². The number of hydrogen-bond donors (Lipinski definition) is 1. The maximum Gasteiger partial charge on any atom is 0.333 e. The number of carbonyl (C=O) groups excluding carboxylic acids is 1. The van der Waals surface area contributed by atoms with Crippen molar-refractivity contribution in [3.8, 4) is 11.4 Å². The fraction of sp³-hybridized carbons (Fsp3) is 0.240. The summed E-state index contributed by atoms with van der Waals surface area (Å²) < 4.78 is 2.33. The molecule has 0 unspecified atom stereocenters. The first-order chi connectivity index (χ1) is 16.0. The first-order valence-electron chi connectivity index (χ1n) is 10.9. The van der Waals surface area contributed by atoms with Crippen molar-refractivity contribution in [1.82, 2.24) is 24.4 Å². The van der Waals surface area contributed by atoms with Gasteiger partial charge in [0.1, 0.15) is 11.9 Å². The smallest absolute Gasteiger partial charge is 0.333 e. The Morgan fingerprint density at radius 2 is 1.64 bits per heavy atom. The Kier molecular flexibility index (Phi) is 6.44. The Balaban J connectivity index is 1.63. The highest BCUT2D eigenvalue weighted by atomic mass is 16.2. The molecule has 1 N–H and O–H groups in total. The molecule has 4 aromatic rings. The van der Waals surface area contributed by atoms with E-state index in [4.69, 9.17) is 0 Å². The van der Waals surface area contributed by atoms with Gasteiger partial charge in [0.25, 0.3) is 5.56 Å². The number of hydrogen-bond acceptors (Lipinski definition) is 5. The van der Waals surface area contributed by atoms with Crippen molar-refractivity contribution in [3.63, 3.8) is 0 Å². The topological polar surface area (TPSA) is 98.9 Å². The van der Waals surface area contributed by atoms with E-state index in [1.165, 1.54) is 16.3 Å². The second-order valence-corrected chi connectivity index (χ2v) is 7.66. The van der Waals surface area contributed by atoms with E-state index in [-0.39, 0.29) is 17.6 Å². The number of carbonyl (C=O) groups is 1. The molecule has 2 aromatic heterocycles. The van der Waals surface area contributed by atoms with E-state index in [0.717, 1.165) is 22.1 Å². The van der Waals surface area contributed by atoms with E-state index >= 15 is 0 Å². The summed E-state index contributed by atoms with van der Waals surface area (Å²) in [5.41, 5.74) is 2.04. The zero-order valence-corrected chi connectivity index (χ0v) is 18.6. The van der Waals surface area contributed by atoms with Gasteiger partial charge in [0, 0.05) is 24.8 Å². The predicted octanol–water partition coefficient (Wildman–Crippen LogP) is 2.52. The molecule has 8 nitrogen and oxygen atoms in total. The maximum atomic E-state index is 13.0. The zero-order chi connectivity index (χ0) is 23.4. The average molecular weight is 444 g/mol. The summed E-state index contributed by atoms with van der Waals surface area (Å²) >= 11 is 0. The van der Waals surface area contributed by atoms with Crippen molar-refractivity contribution >= 4 is 16.9 Å². The van der Waals surface area contributed by atoms with Gasteiger partial charge in [-0.05, 0) is 24.5 Å². The highest BCUT2D eigenvalue weighted by molar-refractivity contribution is 5.78. The molecule has 0 radical (unpaired) electrons. The summed E-state index contributed by atoms with van der Waals surface area (Å²) in [7, 11) is 0. The van der Waals surface area contributed by atoms with Crippen molar-refractivity contribution in [3.05, 3.63) is 92.8 Å². The van der Waals surface area contributed by atoms with Crippen LogP contribution < -0.4 is 16.6 Å². The molecule has 8 heteroatoms. The Labute approximate surface area is 190 Å². The molecule has 0 aliphatic carbocycles. The molecule has 1 amide bonds. The molecule has 0 aliphatic heterocycles. The van der Waals surface area contributed by atoms with E-state index in [2.05, 4.69) is 22.2 Å². The quantitative estimate of drug-likeness (QED) is 0.473. The number of aryl methyl sites for hydroxylation is 2. The van der Waals surface area contributed by atoms with Crippen LogP contribution in [0, 0.1) is 0 Å². The Hall–Kier alpha value is -4.07. The van der Waals surface area contributed by atoms with Gasteiger partial charge < -0.3 is 5.32 Å². The van der Waals surface area contributed by atoms with Crippen molar-refractivity contribution in [2.24, 2.45) is 0 Å². The monoisotopic (exact) mass is 443 g/mol. The van der Waals surface area contributed by atoms with Crippen LogP contribution in [0.5, 0.6) is 0 Å². The maximum absolute atomic E-state index is 13.0. The molecule has 0 saturated heterocycles. The van der Waals surface area contributed by atoms with Gasteiger partial charge in [-0.3, -0.25) is 18.7 Å². The number of fused-ring (bicyclic) bond motifs is 1. The Morgan fingerprint density at radius 3 is 2.30 bits per heavy atom. The summed E-state index contributed by atoms with van der Waals surface area (Å²) in [6, 6.07) is 17.3. The lowest BCUT2D eigenvalue weighted by molar-refractivity contribution is -0.121. The molecular weight excluding hydrogens is 418 g/mol. The van der Waals surface area contributed by atoms with Crippen LogP contribution in [0.1, 0.15) is 25.0 Å². The Bertz CT molecular complexity index is 1410. The third-order valence-electron chi connectivity index (χ3n) is 5.53. The van der Waals surface area contributed by atoms with Crippen LogP contribution in [0.25, 0.3) is 22.4 Å². The van der Waals surface area contributed by atoms with Gasteiger partial charge in [-0.2, -0.15) is 0 Å². The van der Waals surface area contributed by atoms with Gasteiger partial charge in [0.05, 0.1) is 0 Å². The van der Waals surface area contributed by atoms with Crippen LogP contribution in [-0.2, 0) is 30.8 Å². The second-order valence-electron chi connectivity index (χ2n) is 7.66.